The molecule has 11 heavy (non-hydrogen) atoms. The van der Waals surface area contributed by atoms with Crippen molar-refractivity contribution < 1.29 is 5.11 Å². The van der Waals surface area contributed by atoms with Gasteiger partial charge in [-0.05, 0) is 36.7 Å². The van der Waals surface area contributed by atoms with Crippen LogP contribution in [0.4, 0.5) is 0 Å². The van der Waals surface area contributed by atoms with Gasteiger partial charge in [-0.1, -0.05) is 12.8 Å². The Bertz CT molecular complexity index is 89.6. The fourth-order valence-corrected chi connectivity index (χ4v) is 2.76. The van der Waals surface area contributed by atoms with Crippen molar-refractivity contribution in [3.8, 4) is 0 Å². The molecule has 1 rings (SSSR count). The van der Waals surface area contributed by atoms with E-state index in [4.69, 9.17) is 5.11 Å². The Morgan fingerprint density at radius 2 is 2.00 bits per heavy atom. The van der Waals surface area contributed by atoms with Crippen LogP contribution in [0.15, 0.2) is 0 Å². The van der Waals surface area contributed by atoms with E-state index in [-0.39, 0.29) is 0 Å². The second-order valence-electron chi connectivity index (χ2n) is 3.30. The molecule has 1 N–H and O–H groups in total. The van der Waals surface area contributed by atoms with Gasteiger partial charge in [-0.15, -0.1) is 0 Å². The molecule has 0 aliphatic heterocycles. The Morgan fingerprint density at radius 3 is 2.64 bits per heavy atom. The van der Waals surface area contributed by atoms with Gasteiger partial charge in [-0.25, -0.2) is 0 Å². The summed E-state index contributed by atoms with van der Waals surface area (Å²) in [4.78, 5) is 0. The molecule has 66 valence electrons. The molecule has 0 spiro atoms. The summed E-state index contributed by atoms with van der Waals surface area (Å²) >= 11 is 2.02. The van der Waals surface area contributed by atoms with E-state index in [2.05, 4.69) is 0 Å². The molecule has 1 fully saturated rings. The Kier molecular flexibility index (Phi) is 5.04. The van der Waals surface area contributed by atoms with Crippen LogP contribution in [0.3, 0.4) is 0 Å². The molecule has 0 unspecified atom stereocenters. The standard InChI is InChI=1S/C9H18OS/c10-6-3-7-11-8-9-4-1-2-5-9/h9-10H,1-8H2. The smallest absolute Gasteiger partial charge is 0.0438 e. The fraction of sp³-hybridized carbons (Fsp3) is 1.00. The molecule has 1 aliphatic rings. The van der Waals surface area contributed by atoms with E-state index in [1.54, 1.807) is 0 Å². The van der Waals surface area contributed by atoms with Gasteiger partial charge < -0.3 is 5.11 Å². The quantitative estimate of drug-likeness (QED) is 0.645. The summed E-state index contributed by atoms with van der Waals surface area (Å²) in [7, 11) is 0. The first kappa shape index (κ1) is 9.40. The Balaban J connectivity index is 1.86. The summed E-state index contributed by atoms with van der Waals surface area (Å²) in [6.45, 7) is 0.359. The van der Waals surface area contributed by atoms with Gasteiger partial charge in [0.05, 0.1) is 0 Å². The molecule has 0 saturated heterocycles. The number of hydrogen-bond donors (Lipinski definition) is 1. The van der Waals surface area contributed by atoms with Crippen molar-refractivity contribution in [2.45, 2.75) is 32.1 Å². The van der Waals surface area contributed by atoms with Crippen LogP contribution in [0.5, 0.6) is 0 Å². The number of hydrogen-bond acceptors (Lipinski definition) is 2. The highest BCUT2D eigenvalue weighted by Crippen LogP contribution is 2.27. The van der Waals surface area contributed by atoms with Crippen LogP contribution in [0.2, 0.25) is 0 Å². The number of rotatable bonds is 5. The van der Waals surface area contributed by atoms with E-state index in [0.717, 1.165) is 18.1 Å². The van der Waals surface area contributed by atoms with E-state index in [9.17, 15) is 0 Å². The fourth-order valence-electron chi connectivity index (χ4n) is 1.59. The Labute approximate surface area is 73.6 Å². The van der Waals surface area contributed by atoms with E-state index in [1.807, 2.05) is 11.8 Å². The van der Waals surface area contributed by atoms with E-state index >= 15 is 0 Å². The number of aliphatic hydroxyl groups excluding tert-OH is 1. The second kappa shape index (κ2) is 5.90. The van der Waals surface area contributed by atoms with Crippen LogP contribution in [0.1, 0.15) is 32.1 Å². The molecule has 2 heteroatoms. The van der Waals surface area contributed by atoms with Crippen LogP contribution in [-0.4, -0.2) is 23.2 Å². The molecule has 0 aromatic rings. The van der Waals surface area contributed by atoms with Crippen molar-refractivity contribution in [3.63, 3.8) is 0 Å². The Hall–Kier alpha value is 0.310. The van der Waals surface area contributed by atoms with Gasteiger partial charge in [0.1, 0.15) is 0 Å². The van der Waals surface area contributed by atoms with Gasteiger partial charge in [-0.2, -0.15) is 11.8 Å². The zero-order valence-corrected chi connectivity index (χ0v) is 7.91. The summed E-state index contributed by atoms with van der Waals surface area (Å²) in [6.07, 6.45) is 6.77. The lowest BCUT2D eigenvalue weighted by atomic mass is 10.1. The average molecular weight is 174 g/mol. The predicted octanol–water partition coefficient (Wildman–Crippen LogP) is 2.29. The molecule has 1 saturated carbocycles. The third-order valence-electron chi connectivity index (χ3n) is 2.28. The first-order valence-electron chi connectivity index (χ1n) is 4.62. The summed E-state index contributed by atoms with van der Waals surface area (Å²) in [5.74, 6) is 3.48. The predicted molar refractivity (Wildman–Crippen MR) is 51.0 cm³/mol. The normalized spacial score (nSPS) is 19.4. The van der Waals surface area contributed by atoms with Gasteiger partial charge in [0.2, 0.25) is 0 Å². The minimum absolute atomic E-state index is 0.359. The lowest BCUT2D eigenvalue weighted by Crippen LogP contribution is -1.98. The minimum atomic E-state index is 0.359. The topological polar surface area (TPSA) is 20.2 Å². The van der Waals surface area contributed by atoms with Gasteiger partial charge >= 0.3 is 0 Å². The molecular weight excluding hydrogens is 156 g/mol. The molecule has 1 nitrogen and oxygen atoms in total. The second-order valence-corrected chi connectivity index (χ2v) is 4.45. The van der Waals surface area contributed by atoms with Crippen molar-refractivity contribution in [2.24, 2.45) is 5.92 Å². The first-order chi connectivity index (χ1) is 5.43. The van der Waals surface area contributed by atoms with Crippen molar-refractivity contribution in [1.29, 1.82) is 0 Å². The monoisotopic (exact) mass is 174 g/mol. The maximum atomic E-state index is 8.54. The maximum Gasteiger partial charge on any atom is 0.0438 e. The summed E-state index contributed by atoms with van der Waals surface area (Å²) in [5, 5.41) is 8.54. The molecule has 0 aromatic carbocycles. The van der Waals surface area contributed by atoms with Crippen LogP contribution in [0, 0.1) is 5.92 Å². The molecule has 0 atom stereocenters. The van der Waals surface area contributed by atoms with Crippen molar-refractivity contribution in [1.82, 2.24) is 0 Å². The van der Waals surface area contributed by atoms with Gasteiger partial charge in [0.25, 0.3) is 0 Å². The highest BCUT2D eigenvalue weighted by atomic mass is 32.2. The van der Waals surface area contributed by atoms with Crippen molar-refractivity contribution in [2.75, 3.05) is 18.1 Å². The van der Waals surface area contributed by atoms with Crippen molar-refractivity contribution in [3.05, 3.63) is 0 Å². The lowest BCUT2D eigenvalue weighted by Gasteiger charge is -2.06. The summed E-state index contributed by atoms with van der Waals surface area (Å²) < 4.78 is 0. The summed E-state index contributed by atoms with van der Waals surface area (Å²) in [6, 6.07) is 0. The van der Waals surface area contributed by atoms with Gasteiger partial charge in [-0.3, -0.25) is 0 Å². The molecule has 0 bridgehead atoms. The van der Waals surface area contributed by atoms with E-state index in [1.165, 1.54) is 31.4 Å². The van der Waals surface area contributed by atoms with Crippen LogP contribution < -0.4 is 0 Å². The average Bonchev–Trinajstić information content (AvgIpc) is 2.50. The van der Waals surface area contributed by atoms with Crippen molar-refractivity contribution >= 4 is 11.8 Å². The third-order valence-corrected chi connectivity index (χ3v) is 3.56. The first-order valence-corrected chi connectivity index (χ1v) is 5.77. The third kappa shape index (κ3) is 4.02. The van der Waals surface area contributed by atoms with Gasteiger partial charge in [0, 0.05) is 6.61 Å². The maximum absolute atomic E-state index is 8.54. The minimum Gasteiger partial charge on any atom is -0.396 e. The highest BCUT2D eigenvalue weighted by molar-refractivity contribution is 7.99. The molecule has 0 heterocycles. The number of thioether (sulfide) groups is 1. The van der Waals surface area contributed by atoms with E-state index < -0.39 is 0 Å². The highest BCUT2D eigenvalue weighted by Gasteiger charge is 2.13. The molecule has 0 aromatic heterocycles. The number of aliphatic hydroxyl groups is 1. The van der Waals surface area contributed by atoms with Crippen LogP contribution in [-0.2, 0) is 0 Å². The zero-order chi connectivity index (χ0) is 7.94. The van der Waals surface area contributed by atoms with Gasteiger partial charge in [0.15, 0.2) is 0 Å². The van der Waals surface area contributed by atoms with E-state index in [0.29, 0.717) is 6.61 Å². The van der Waals surface area contributed by atoms with Crippen LogP contribution >= 0.6 is 11.8 Å². The molecular formula is C9H18OS. The lowest BCUT2D eigenvalue weighted by molar-refractivity contribution is 0.296. The summed E-state index contributed by atoms with van der Waals surface area (Å²) in [5.41, 5.74) is 0. The molecule has 0 amide bonds. The Morgan fingerprint density at radius 1 is 1.27 bits per heavy atom. The zero-order valence-electron chi connectivity index (χ0n) is 7.09. The molecule has 0 radical (unpaired) electrons. The van der Waals surface area contributed by atoms with Crippen LogP contribution in [0.25, 0.3) is 0 Å². The molecule has 1 aliphatic carbocycles. The SMILES string of the molecule is OCCCSCC1CCCC1. The largest absolute Gasteiger partial charge is 0.396 e.